The number of benzene rings is 2. The second-order valence-corrected chi connectivity index (χ2v) is 5.42. The molecule has 0 saturated carbocycles. The highest BCUT2D eigenvalue weighted by Gasteiger charge is 2.07. The molecule has 4 heteroatoms. The number of H-pyrrole nitrogens is 1. The molecule has 0 radical (unpaired) electrons. The van der Waals surface area contributed by atoms with E-state index in [2.05, 4.69) is 5.10 Å². The van der Waals surface area contributed by atoms with E-state index in [4.69, 9.17) is 11.6 Å². The highest BCUT2D eigenvalue weighted by molar-refractivity contribution is 6.30. The molecule has 3 rings (SSSR count). The lowest BCUT2D eigenvalue weighted by Crippen LogP contribution is -2.20. The molecule has 0 spiro atoms. The summed E-state index contributed by atoms with van der Waals surface area (Å²) in [5.41, 5.74) is 2.91. The first-order valence-corrected chi connectivity index (χ1v) is 7.15. The van der Waals surface area contributed by atoms with E-state index in [0.717, 1.165) is 16.7 Å². The Kier molecular flexibility index (Phi) is 3.93. The number of halogens is 1. The van der Waals surface area contributed by atoms with Gasteiger partial charge in [0.2, 0.25) is 0 Å². The summed E-state index contributed by atoms with van der Waals surface area (Å²) >= 11 is 5.97. The minimum Gasteiger partial charge on any atom is -0.302 e. The summed E-state index contributed by atoms with van der Waals surface area (Å²) in [6.45, 7) is 0.494. The number of hydrogen-bond donors (Lipinski definition) is 1. The van der Waals surface area contributed by atoms with Crippen LogP contribution in [0.5, 0.6) is 0 Å². The molecule has 0 aliphatic heterocycles. The maximum atomic E-state index is 12.4. The zero-order chi connectivity index (χ0) is 14.7. The smallest absolute Gasteiger partial charge is 0.270 e. The number of rotatable bonds is 4. The summed E-state index contributed by atoms with van der Waals surface area (Å²) in [5, 5.41) is 3.70. The van der Waals surface area contributed by atoms with Gasteiger partial charge >= 0.3 is 0 Å². The molecule has 0 aliphatic rings. The van der Waals surface area contributed by atoms with Gasteiger partial charge in [-0.3, -0.25) is 4.79 Å². The van der Waals surface area contributed by atoms with Crippen LogP contribution in [0.4, 0.5) is 0 Å². The monoisotopic (exact) mass is 298 g/mol. The van der Waals surface area contributed by atoms with Crippen LogP contribution in [0.25, 0.3) is 0 Å². The molecule has 3 nitrogen and oxygen atoms in total. The lowest BCUT2D eigenvalue weighted by atomic mass is 10.1. The second kappa shape index (κ2) is 6.02. The van der Waals surface area contributed by atoms with Crippen LogP contribution in [0.3, 0.4) is 0 Å². The van der Waals surface area contributed by atoms with Crippen LogP contribution in [0.2, 0.25) is 5.02 Å². The highest BCUT2D eigenvalue weighted by Crippen LogP contribution is 2.11. The minimum atomic E-state index is 0.0128. The van der Waals surface area contributed by atoms with Gasteiger partial charge in [-0.15, -0.1) is 0 Å². The fraction of sp³-hybridized carbons (Fsp3) is 0.118. The van der Waals surface area contributed by atoms with Gasteiger partial charge in [-0.2, -0.15) is 0 Å². The SMILES string of the molecule is O=c1c(Cc2ccccc2)c[nH]n1Cc1cccc(Cl)c1. The molecule has 0 aliphatic carbocycles. The molecule has 0 amide bonds. The molecule has 3 aromatic rings. The molecule has 1 N–H and O–H groups in total. The van der Waals surface area contributed by atoms with E-state index in [1.54, 1.807) is 10.9 Å². The van der Waals surface area contributed by atoms with Gasteiger partial charge in [-0.05, 0) is 23.3 Å². The van der Waals surface area contributed by atoms with Crippen molar-refractivity contribution in [3.05, 3.63) is 92.9 Å². The summed E-state index contributed by atoms with van der Waals surface area (Å²) < 4.78 is 1.60. The number of nitrogens with one attached hydrogen (secondary N) is 1. The number of hydrogen-bond acceptors (Lipinski definition) is 1. The van der Waals surface area contributed by atoms with Crippen molar-refractivity contribution in [1.29, 1.82) is 0 Å². The first kappa shape index (κ1) is 13.7. The van der Waals surface area contributed by atoms with Crippen molar-refractivity contribution in [2.75, 3.05) is 0 Å². The molecule has 0 unspecified atom stereocenters. The van der Waals surface area contributed by atoms with E-state index in [-0.39, 0.29) is 5.56 Å². The molecule has 0 bridgehead atoms. The Morgan fingerprint density at radius 3 is 2.52 bits per heavy atom. The van der Waals surface area contributed by atoms with E-state index < -0.39 is 0 Å². The normalized spacial score (nSPS) is 10.7. The van der Waals surface area contributed by atoms with Crippen molar-refractivity contribution in [1.82, 2.24) is 9.78 Å². The van der Waals surface area contributed by atoms with Crippen LogP contribution >= 0.6 is 11.6 Å². The quantitative estimate of drug-likeness (QED) is 0.787. The molecular weight excluding hydrogens is 284 g/mol. The van der Waals surface area contributed by atoms with Crippen LogP contribution in [0.1, 0.15) is 16.7 Å². The maximum Gasteiger partial charge on any atom is 0.270 e. The predicted molar refractivity (Wildman–Crippen MR) is 84.9 cm³/mol. The Balaban J connectivity index is 1.81. The van der Waals surface area contributed by atoms with Crippen molar-refractivity contribution in [2.45, 2.75) is 13.0 Å². The first-order valence-electron chi connectivity index (χ1n) is 6.78. The molecule has 0 atom stereocenters. The minimum absolute atomic E-state index is 0.0128. The Bertz CT molecular complexity index is 790. The fourth-order valence-corrected chi connectivity index (χ4v) is 2.54. The summed E-state index contributed by atoms with van der Waals surface area (Å²) in [5.74, 6) is 0. The van der Waals surface area contributed by atoms with Crippen molar-refractivity contribution < 1.29 is 0 Å². The van der Waals surface area contributed by atoms with E-state index in [0.29, 0.717) is 18.0 Å². The Hall–Kier alpha value is -2.26. The molecule has 2 aromatic carbocycles. The zero-order valence-electron chi connectivity index (χ0n) is 11.4. The summed E-state index contributed by atoms with van der Waals surface area (Å²) in [6.07, 6.45) is 2.42. The third-order valence-electron chi connectivity index (χ3n) is 3.38. The van der Waals surface area contributed by atoms with Crippen LogP contribution in [0, 0.1) is 0 Å². The molecule has 106 valence electrons. The van der Waals surface area contributed by atoms with Crippen molar-refractivity contribution >= 4 is 11.6 Å². The Labute approximate surface area is 127 Å². The number of nitrogens with zero attached hydrogens (tertiary/aromatic N) is 1. The largest absolute Gasteiger partial charge is 0.302 e. The second-order valence-electron chi connectivity index (χ2n) is 4.98. The lowest BCUT2D eigenvalue weighted by molar-refractivity contribution is 0.662. The molecule has 1 heterocycles. The van der Waals surface area contributed by atoms with Crippen LogP contribution < -0.4 is 5.56 Å². The zero-order valence-corrected chi connectivity index (χ0v) is 12.2. The lowest BCUT2D eigenvalue weighted by Gasteiger charge is -2.02. The number of aromatic amines is 1. The Morgan fingerprint density at radius 2 is 1.76 bits per heavy atom. The van der Waals surface area contributed by atoms with E-state index in [1.165, 1.54) is 0 Å². The van der Waals surface area contributed by atoms with Crippen LogP contribution in [-0.4, -0.2) is 9.78 Å². The van der Waals surface area contributed by atoms with Gasteiger partial charge in [0.15, 0.2) is 0 Å². The Morgan fingerprint density at radius 1 is 1.00 bits per heavy atom. The van der Waals surface area contributed by atoms with Gasteiger partial charge < -0.3 is 5.10 Å². The van der Waals surface area contributed by atoms with E-state index in [1.807, 2.05) is 54.6 Å². The van der Waals surface area contributed by atoms with Crippen molar-refractivity contribution in [2.24, 2.45) is 0 Å². The van der Waals surface area contributed by atoms with E-state index in [9.17, 15) is 4.79 Å². The first-order chi connectivity index (χ1) is 10.2. The highest BCUT2D eigenvalue weighted by atomic mass is 35.5. The number of aromatic nitrogens is 2. The fourth-order valence-electron chi connectivity index (χ4n) is 2.33. The van der Waals surface area contributed by atoms with Gasteiger partial charge in [-0.1, -0.05) is 54.1 Å². The standard InChI is InChI=1S/C17H15ClN2O/c18-16-8-4-7-14(10-16)12-20-17(21)15(11-19-20)9-13-5-2-1-3-6-13/h1-8,10-11,19H,9,12H2. The topological polar surface area (TPSA) is 37.8 Å². The summed E-state index contributed by atoms with van der Waals surface area (Å²) in [7, 11) is 0. The van der Waals surface area contributed by atoms with Gasteiger partial charge in [0.05, 0.1) is 6.54 Å². The van der Waals surface area contributed by atoms with Crippen molar-refractivity contribution in [3.8, 4) is 0 Å². The van der Waals surface area contributed by atoms with E-state index >= 15 is 0 Å². The third-order valence-corrected chi connectivity index (χ3v) is 3.62. The molecule has 1 aromatic heterocycles. The van der Waals surface area contributed by atoms with Gasteiger partial charge in [0.1, 0.15) is 0 Å². The molecular formula is C17H15ClN2O. The predicted octanol–water partition coefficient (Wildman–Crippen LogP) is 3.47. The average molecular weight is 299 g/mol. The third kappa shape index (κ3) is 3.26. The maximum absolute atomic E-state index is 12.4. The summed E-state index contributed by atoms with van der Waals surface area (Å²) in [6, 6.07) is 17.5. The van der Waals surface area contributed by atoms with Gasteiger partial charge in [0, 0.05) is 23.2 Å². The average Bonchev–Trinajstić information content (AvgIpc) is 2.82. The van der Waals surface area contributed by atoms with Gasteiger partial charge in [0.25, 0.3) is 5.56 Å². The van der Waals surface area contributed by atoms with Crippen LogP contribution in [0.15, 0.2) is 65.6 Å². The molecule has 0 saturated heterocycles. The molecule has 21 heavy (non-hydrogen) atoms. The molecule has 0 fully saturated rings. The van der Waals surface area contributed by atoms with Crippen molar-refractivity contribution in [3.63, 3.8) is 0 Å². The van der Waals surface area contributed by atoms with Crippen LogP contribution in [-0.2, 0) is 13.0 Å². The summed E-state index contributed by atoms with van der Waals surface area (Å²) in [4.78, 5) is 12.4. The van der Waals surface area contributed by atoms with Gasteiger partial charge in [-0.25, -0.2) is 4.68 Å².